The number of amidine groups is 1. The summed E-state index contributed by atoms with van der Waals surface area (Å²) in [6.07, 6.45) is -4.31. The van der Waals surface area contributed by atoms with Crippen molar-refractivity contribution in [2.45, 2.75) is 13.1 Å². The molecule has 0 spiro atoms. The summed E-state index contributed by atoms with van der Waals surface area (Å²) in [4.78, 5) is 0. The Balaban J connectivity index is 2.20. The average molecular weight is 243 g/mol. The summed E-state index contributed by atoms with van der Waals surface area (Å²) in [6.45, 7) is 2.51. The van der Waals surface area contributed by atoms with Gasteiger partial charge in [0.05, 0.1) is 17.8 Å². The number of nitrogens with zero attached hydrogens (tertiary/aromatic N) is 2. The normalized spacial score (nSPS) is 20.6. The molecule has 2 rings (SSSR count). The largest absolute Gasteiger partial charge is 0.416 e. The first-order valence-electron chi connectivity index (χ1n) is 5.16. The van der Waals surface area contributed by atoms with Crippen LogP contribution in [0.25, 0.3) is 0 Å². The van der Waals surface area contributed by atoms with Gasteiger partial charge in [-0.05, 0) is 24.3 Å². The molecule has 2 N–H and O–H groups in total. The molecule has 17 heavy (non-hydrogen) atoms. The molecule has 3 nitrogen and oxygen atoms in total. The summed E-state index contributed by atoms with van der Waals surface area (Å²) in [6, 6.07) is 4.89. The second kappa shape index (κ2) is 3.94. The van der Waals surface area contributed by atoms with E-state index >= 15 is 0 Å². The fourth-order valence-corrected chi connectivity index (χ4v) is 1.62. The molecule has 1 aromatic carbocycles. The van der Waals surface area contributed by atoms with Crippen LogP contribution in [0.4, 0.5) is 18.9 Å². The fourth-order valence-electron chi connectivity index (χ4n) is 1.62. The number of halogens is 3. The number of hydrogen-bond donors (Lipinski definition) is 1. The number of hydrogen-bond acceptors (Lipinski definition) is 3. The maximum absolute atomic E-state index is 12.4. The Labute approximate surface area is 96.7 Å². The third-order valence-corrected chi connectivity index (χ3v) is 2.68. The van der Waals surface area contributed by atoms with Crippen LogP contribution in [0.2, 0.25) is 0 Å². The first-order chi connectivity index (χ1) is 7.88. The maximum atomic E-state index is 12.4. The molecule has 0 amide bonds. The van der Waals surface area contributed by atoms with Gasteiger partial charge in [-0.15, -0.1) is 0 Å². The standard InChI is InChI=1S/C11H12F3N3/c1-7-6-17(16-10(7)15)9-4-2-8(3-5-9)11(12,13)14/h2-5,7H,6H2,1H3,(H2,15,16). The minimum Gasteiger partial charge on any atom is -0.385 e. The highest BCUT2D eigenvalue weighted by atomic mass is 19.4. The summed E-state index contributed by atoms with van der Waals surface area (Å²) < 4.78 is 37.1. The van der Waals surface area contributed by atoms with E-state index in [9.17, 15) is 13.2 Å². The van der Waals surface area contributed by atoms with Gasteiger partial charge in [-0.1, -0.05) is 6.92 Å². The van der Waals surface area contributed by atoms with Gasteiger partial charge in [-0.3, -0.25) is 5.01 Å². The molecule has 0 bridgehead atoms. The lowest BCUT2D eigenvalue weighted by atomic mass is 10.1. The zero-order chi connectivity index (χ0) is 12.6. The SMILES string of the molecule is CC1CN(c2ccc(C(F)(F)F)cc2)N=C1N. The highest BCUT2D eigenvalue weighted by Gasteiger charge is 2.30. The molecular weight excluding hydrogens is 231 g/mol. The van der Waals surface area contributed by atoms with Crippen LogP contribution in [0.5, 0.6) is 0 Å². The van der Waals surface area contributed by atoms with E-state index in [1.165, 1.54) is 12.1 Å². The molecular formula is C11H12F3N3. The Morgan fingerprint density at radius 3 is 2.29 bits per heavy atom. The molecule has 0 fully saturated rings. The third-order valence-electron chi connectivity index (χ3n) is 2.68. The number of nitrogens with two attached hydrogens (primary N) is 1. The topological polar surface area (TPSA) is 41.6 Å². The molecule has 1 aliphatic heterocycles. The predicted molar refractivity (Wildman–Crippen MR) is 59.6 cm³/mol. The fraction of sp³-hybridized carbons (Fsp3) is 0.364. The number of rotatable bonds is 1. The van der Waals surface area contributed by atoms with Gasteiger partial charge in [-0.25, -0.2) is 0 Å². The van der Waals surface area contributed by atoms with E-state index in [1.807, 2.05) is 6.92 Å². The Bertz CT molecular complexity index is 436. The lowest BCUT2D eigenvalue weighted by Crippen LogP contribution is -2.20. The van der Waals surface area contributed by atoms with Gasteiger partial charge in [0.1, 0.15) is 5.84 Å². The monoisotopic (exact) mass is 243 g/mol. The van der Waals surface area contributed by atoms with Crippen molar-refractivity contribution in [2.24, 2.45) is 16.8 Å². The summed E-state index contributed by atoms with van der Waals surface area (Å²) >= 11 is 0. The Morgan fingerprint density at radius 1 is 1.29 bits per heavy atom. The lowest BCUT2D eigenvalue weighted by Gasteiger charge is -2.15. The molecule has 1 aliphatic rings. The van der Waals surface area contributed by atoms with E-state index in [4.69, 9.17) is 5.73 Å². The third kappa shape index (κ3) is 2.35. The smallest absolute Gasteiger partial charge is 0.385 e. The van der Waals surface area contributed by atoms with Crippen LogP contribution >= 0.6 is 0 Å². The van der Waals surface area contributed by atoms with Crippen molar-refractivity contribution in [1.82, 2.24) is 0 Å². The highest BCUT2D eigenvalue weighted by molar-refractivity contribution is 5.86. The zero-order valence-electron chi connectivity index (χ0n) is 9.20. The van der Waals surface area contributed by atoms with Crippen LogP contribution in [0.1, 0.15) is 12.5 Å². The van der Waals surface area contributed by atoms with Gasteiger partial charge in [0.25, 0.3) is 0 Å². The van der Waals surface area contributed by atoms with Crippen LogP contribution < -0.4 is 10.7 Å². The predicted octanol–water partition coefficient (Wildman–Crippen LogP) is 2.43. The van der Waals surface area contributed by atoms with Gasteiger partial charge in [0.2, 0.25) is 0 Å². The first-order valence-corrected chi connectivity index (χ1v) is 5.16. The molecule has 1 unspecified atom stereocenters. The van der Waals surface area contributed by atoms with Crippen molar-refractivity contribution in [3.63, 3.8) is 0 Å². The second-order valence-corrected chi connectivity index (χ2v) is 4.05. The van der Waals surface area contributed by atoms with Crippen molar-refractivity contribution in [1.29, 1.82) is 0 Å². The van der Waals surface area contributed by atoms with Crippen LogP contribution in [0.15, 0.2) is 29.4 Å². The van der Waals surface area contributed by atoms with Gasteiger partial charge in [0.15, 0.2) is 0 Å². The van der Waals surface area contributed by atoms with E-state index in [2.05, 4.69) is 5.10 Å². The van der Waals surface area contributed by atoms with E-state index in [0.717, 1.165) is 12.1 Å². The van der Waals surface area contributed by atoms with Crippen molar-refractivity contribution in [3.8, 4) is 0 Å². The molecule has 0 saturated carbocycles. The first kappa shape index (κ1) is 11.8. The molecule has 0 saturated heterocycles. The molecule has 0 aromatic heterocycles. The lowest BCUT2D eigenvalue weighted by molar-refractivity contribution is -0.137. The molecule has 1 aromatic rings. The van der Waals surface area contributed by atoms with E-state index in [1.54, 1.807) is 5.01 Å². The second-order valence-electron chi connectivity index (χ2n) is 4.05. The van der Waals surface area contributed by atoms with E-state index in [0.29, 0.717) is 18.1 Å². The van der Waals surface area contributed by atoms with Gasteiger partial charge in [-0.2, -0.15) is 18.3 Å². The number of hydrazone groups is 1. The molecule has 0 aliphatic carbocycles. The minimum atomic E-state index is -4.31. The average Bonchev–Trinajstić information content (AvgIpc) is 2.58. The molecule has 1 atom stereocenters. The summed E-state index contributed by atoms with van der Waals surface area (Å²) in [7, 11) is 0. The van der Waals surface area contributed by atoms with Crippen LogP contribution in [-0.4, -0.2) is 12.4 Å². The van der Waals surface area contributed by atoms with Crippen LogP contribution in [0, 0.1) is 5.92 Å². The maximum Gasteiger partial charge on any atom is 0.416 e. The molecule has 1 heterocycles. The van der Waals surface area contributed by atoms with Crippen LogP contribution in [-0.2, 0) is 6.18 Å². The minimum absolute atomic E-state index is 0.122. The molecule has 0 radical (unpaired) electrons. The van der Waals surface area contributed by atoms with E-state index in [-0.39, 0.29) is 5.92 Å². The van der Waals surface area contributed by atoms with Crippen molar-refractivity contribution in [2.75, 3.05) is 11.6 Å². The quantitative estimate of drug-likeness (QED) is 0.823. The van der Waals surface area contributed by atoms with Crippen LogP contribution in [0.3, 0.4) is 0 Å². The molecule has 92 valence electrons. The van der Waals surface area contributed by atoms with Crippen molar-refractivity contribution in [3.05, 3.63) is 29.8 Å². The van der Waals surface area contributed by atoms with Crippen molar-refractivity contribution < 1.29 is 13.2 Å². The Hall–Kier alpha value is -1.72. The number of anilines is 1. The zero-order valence-corrected chi connectivity index (χ0v) is 9.20. The molecule has 6 heteroatoms. The Morgan fingerprint density at radius 2 is 1.88 bits per heavy atom. The summed E-state index contributed by atoms with van der Waals surface area (Å²) in [5.41, 5.74) is 5.59. The van der Waals surface area contributed by atoms with E-state index < -0.39 is 11.7 Å². The highest BCUT2D eigenvalue weighted by Crippen LogP contribution is 2.31. The van der Waals surface area contributed by atoms with Gasteiger partial charge in [0, 0.05) is 5.92 Å². The Kier molecular flexibility index (Phi) is 2.73. The summed E-state index contributed by atoms with van der Waals surface area (Å²) in [5, 5.41) is 5.69. The summed E-state index contributed by atoms with van der Waals surface area (Å²) in [5.74, 6) is 0.627. The van der Waals surface area contributed by atoms with Gasteiger partial charge < -0.3 is 5.73 Å². The number of alkyl halides is 3. The van der Waals surface area contributed by atoms with Gasteiger partial charge >= 0.3 is 6.18 Å². The van der Waals surface area contributed by atoms with Crippen molar-refractivity contribution >= 4 is 11.5 Å². The number of benzene rings is 1.